The zero-order chi connectivity index (χ0) is 13.9. The van der Waals surface area contributed by atoms with Gasteiger partial charge in [0, 0.05) is 13.2 Å². The molecule has 8 heteroatoms. The van der Waals surface area contributed by atoms with Gasteiger partial charge in [-0.1, -0.05) is 0 Å². The van der Waals surface area contributed by atoms with E-state index in [0.717, 1.165) is 5.39 Å². The average Bonchev–Trinajstić information content (AvgIpc) is 2.83. The van der Waals surface area contributed by atoms with Crippen LogP contribution in [0.2, 0.25) is 0 Å². The van der Waals surface area contributed by atoms with E-state index in [1.165, 1.54) is 0 Å². The molecule has 2 aromatic rings. The van der Waals surface area contributed by atoms with Crippen molar-refractivity contribution in [3.63, 3.8) is 0 Å². The van der Waals surface area contributed by atoms with Crippen LogP contribution in [0.3, 0.4) is 0 Å². The molecule has 2 rings (SSSR count). The Morgan fingerprint density at radius 3 is 2.89 bits per heavy atom. The van der Waals surface area contributed by atoms with E-state index in [-0.39, 0.29) is 5.60 Å². The summed E-state index contributed by atoms with van der Waals surface area (Å²) in [5, 5.41) is 10.8. The maximum Gasteiger partial charge on any atom is 0.241 e. The minimum Gasteiger partial charge on any atom is -0.374 e. The van der Waals surface area contributed by atoms with Crippen molar-refractivity contribution in [3.8, 4) is 0 Å². The second-order valence-corrected chi connectivity index (χ2v) is 4.72. The van der Waals surface area contributed by atoms with Crippen molar-refractivity contribution in [2.24, 2.45) is 5.84 Å². The van der Waals surface area contributed by atoms with Gasteiger partial charge in [0.05, 0.1) is 17.2 Å². The van der Waals surface area contributed by atoms with Gasteiger partial charge in [-0.05, 0) is 20.8 Å². The summed E-state index contributed by atoms with van der Waals surface area (Å²) >= 11 is 0. The Balaban J connectivity index is 2.22. The zero-order valence-corrected chi connectivity index (χ0v) is 11.3. The quantitative estimate of drug-likeness (QED) is 0.452. The number of hydrogen-bond donors (Lipinski definition) is 4. The SMILES string of the molecule is CCOC(C)(C)CNc1nc(NN)nc2[nH]ncc12. The van der Waals surface area contributed by atoms with Gasteiger partial charge in [-0.15, -0.1) is 0 Å². The lowest BCUT2D eigenvalue weighted by molar-refractivity contribution is 0.000664. The third-order valence-corrected chi connectivity index (χ3v) is 2.66. The summed E-state index contributed by atoms with van der Waals surface area (Å²) in [6, 6.07) is 0. The number of ether oxygens (including phenoxy) is 1. The summed E-state index contributed by atoms with van der Waals surface area (Å²) in [5.74, 6) is 6.34. The van der Waals surface area contributed by atoms with Crippen molar-refractivity contribution >= 4 is 22.8 Å². The van der Waals surface area contributed by atoms with Gasteiger partial charge < -0.3 is 10.1 Å². The lowest BCUT2D eigenvalue weighted by atomic mass is 10.1. The van der Waals surface area contributed by atoms with Crippen molar-refractivity contribution in [1.29, 1.82) is 0 Å². The summed E-state index contributed by atoms with van der Waals surface area (Å²) in [6.07, 6.45) is 1.67. The van der Waals surface area contributed by atoms with E-state index in [1.807, 2.05) is 20.8 Å². The fraction of sp³-hybridized carbons (Fsp3) is 0.545. The number of H-pyrrole nitrogens is 1. The largest absolute Gasteiger partial charge is 0.374 e. The topological polar surface area (TPSA) is 114 Å². The molecule has 0 fully saturated rings. The second-order valence-electron chi connectivity index (χ2n) is 4.72. The number of nitrogen functional groups attached to an aromatic ring is 1. The predicted octanol–water partition coefficient (Wildman–Crippen LogP) is 0.866. The van der Waals surface area contributed by atoms with Crippen molar-refractivity contribution in [2.75, 3.05) is 23.9 Å². The third kappa shape index (κ3) is 3.09. The Kier molecular flexibility index (Phi) is 3.82. The van der Waals surface area contributed by atoms with Gasteiger partial charge >= 0.3 is 0 Å². The Morgan fingerprint density at radius 1 is 1.42 bits per heavy atom. The number of rotatable bonds is 6. The molecule has 0 aliphatic heterocycles. The van der Waals surface area contributed by atoms with Crippen LogP contribution in [0.4, 0.5) is 11.8 Å². The van der Waals surface area contributed by atoms with Gasteiger partial charge in [-0.3, -0.25) is 10.5 Å². The molecule has 0 bridgehead atoms. The molecule has 0 aliphatic carbocycles. The first-order valence-corrected chi connectivity index (χ1v) is 6.11. The zero-order valence-electron chi connectivity index (χ0n) is 11.3. The molecule has 0 spiro atoms. The van der Waals surface area contributed by atoms with Gasteiger partial charge in [-0.2, -0.15) is 15.1 Å². The highest BCUT2D eigenvalue weighted by Gasteiger charge is 2.18. The standard InChI is InChI=1S/C11H19N7O/c1-4-19-11(2,3)6-13-8-7-5-14-18-9(7)16-10(15-8)17-12/h5H,4,6,12H2,1-3H3,(H3,13,14,15,16,17,18). The molecule has 0 unspecified atom stereocenters. The number of nitrogens with zero attached hydrogens (tertiary/aromatic N) is 3. The molecule has 0 saturated heterocycles. The van der Waals surface area contributed by atoms with Crippen LogP contribution in [0, 0.1) is 0 Å². The van der Waals surface area contributed by atoms with E-state index >= 15 is 0 Å². The summed E-state index contributed by atoms with van der Waals surface area (Å²) < 4.78 is 5.63. The van der Waals surface area contributed by atoms with E-state index in [2.05, 4.69) is 30.9 Å². The fourth-order valence-electron chi connectivity index (χ4n) is 1.77. The number of hydrogen-bond acceptors (Lipinski definition) is 7. The molecule has 0 aliphatic rings. The number of aromatic nitrogens is 4. The molecule has 5 N–H and O–H groups in total. The van der Waals surface area contributed by atoms with Crippen LogP contribution in [-0.2, 0) is 4.74 Å². The van der Waals surface area contributed by atoms with Gasteiger partial charge in [0.2, 0.25) is 5.95 Å². The number of nitrogens with one attached hydrogen (secondary N) is 3. The number of fused-ring (bicyclic) bond motifs is 1. The second kappa shape index (κ2) is 5.37. The highest BCUT2D eigenvalue weighted by molar-refractivity contribution is 5.86. The van der Waals surface area contributed by atoms with Crippen LogP contribution in [-0.4, -0.2) is 38.9 Å². The minimum absolute atomic E-state index is 0.286. The predicted molar refractivity (Wildman–Crippen MR) is 73.7 cm³/mol. The smallest absolute Gasteiger partial charge is 0.241 e. The summed E-state index contributed by atoms with van der Waals surface area (Å²) in [5.41, 5.74) is 2.77. The van der Waals surface area contributed by atoms with E-state index in [0.29, 0.717) is 30.6 Å². The Hall–Kier alpha value is -1.93. The lowest BCUT2D eigenvalue weighted by Gasteiger charge is -2.25. The van der Waals surface area contributed by atoms with E-state index in [9.17, 15) is 0 Å². The van der Waals surface area contributed by atoms with Gasteiger partial charge in [-0.25, -0.2) is 5.84 Å². The van der Waals surface area contributed by atoms with Crippen molar-refractivity contribution in [1.82, 2.24) is 20.2 Å². The number of anilines is 2. The van der Waals surface area contributed by atoms with Crippen molar-refractivity contribution in [2.45, 2.75) is 26.4 Å². The Labute approximate surface area is 111 Å². The van der Waals surface area contributed by atoms with Gasteiger partial charge in [0.25, 0.3) is 0 Å². The summed E-state index contributed by atoms with van der Waals surface area (Å²) in [6.45, 7) is 7.27. The first-order valence-electron chi connectivity index (χ1n) is 6.11. The maximum absolute atomic E-state index is 5.63. The highest BCUT2D eigenvalue weighted by Crippen LogP contribution is 2.20. The first kappa shape index (κ1) is 13.5. The Morgan fingerprint density at radius 2 is 2.21 bits per heavy atom. The fourth-order valence-corrected chi connectivity index (χ4v) is 1.77. The molecule has 8 nitrogen and oxygen atoms in total. The molecule has 104 valence electrons. The van der Waals surface area contributed by atoms with Gasteiger partial charge in [0.1, 0.15) is 5.82 Å². The van der Waals surface area contributed by atoms with Crippen LogP contribution < -0.4 is 16.6 Å². The molecule has 0 saturated carbocycles. The van der Waals surface area contributed by atoms with E-state index < -0.39 is 0 Å². The normalized spacial score (nSPS) is 11.8. The van der Waals surface area contributed by atoms with Crippen molar-refractivity contribution < 1.29 is 4.74 Å². The third-order valence-electron chi connectivity index (χ3n) is 2.66. The number of nitrogens with two attached hydrogens (primary N) is 1. The molecule has 2 heterocycles. The van der Waals surface area contributed by atoms with Crippen LogP contribution >= 0.6 is 0 Å². The van der Waals surface area contributed by atoms with Crippen LogP contribution in [0.25, 0.3) is 11.0 Å². The number of hydrazine groups is 1. The lowest BCUT2D eigenvalue weighted by Crippen LogP contribution is -2.33. The molecular formula is C11H19N7O. The van der Waals surface area contributed by atoms with E-state index in [4.69, 9.17) is 10.6 Å². The monoisotopic (exact) mass is 265 g/mol. The van der Waals surface area contributed by atoms with E-state index in [1.54, 1.807) is 6.20 Å². The average molecular weight is 265 g/mol. The van der Waals surface area contributed by atoms with Crippen LogP contribution in [0.5, 0.6) is 0 Å². The maximum atomic E-state index is 5.63. The Bertz CT molecular complexity index is 551. The molecule has 0 atom stereocenters. The van der Waals surface area contributed by atoms with Gasteiger partial charge in [0.15, 0.2) is 5.65 Å². The molecular weight excluding hydrogens is 246 g/mol. The summed E-state index contributed by atoms with van der Waals surface area (Å²) in [4.78, 5) is 8.44. The molecule has 0 radical (unpaired) electrons. The summed E-state index contributed by atoms with van der Waals surface area (Å²) in [7, 11) is 0. The first-order chi connectivity index (χ1) is 9.05. The highest BCUT2D eigenvalue weighted by atomic mass is 16.5. The molecule has 0 aromatic carbocycles. The molecule has 0 amide bonds. The minimum atomic E-state index is -0.286. The molecule has 19 heavy (non-hydrogen) atoms. The molecule has 2 aromatic heterocycles. The number of aromatic amines is 1. The van der Waals surface area contributed by atoms with Crippen LogP contribution in [0.1, 0.15) is 20.8 Å². The van der Waals surface area contributed by atoms with Crippen LogP contribution in [0.15, 0.2) is 6.20 Å². The van der Waals surface area contributed by atoms with Crippen molar-refractivity contribution in [3.05, 3.63) is 6.20 Å².